The summed E-state index contributed by atoms with van der Waals surface area (Å²) in [6.07, 6.45) is 0. The first-order chi connectivity index (χ1) is 33.7. The summed E-state index contributed by atoms with van der Waals surface area (Å²) in [5.41, 5.74) is 19.1. The fourth-order valence-electron chi connectivity index (χ4n) is 12.2. The van der Waals surface area contributed by atoms with E-state index in [9.17, 15) is 0 Å². The second-order valence-corrected chi connectivity index (χ2v) is 18.0. The van der Waals surface area contributed by atoms with Gasteiger partial charge in [0.25, 0.3) is 0 Å². The molecule has 10 aromatic carbocycles. The summed E-state index contributed by atoms with van der Waals surface area (Å²) < 4.78 is 4.73. The summed E-state index contributed by atoms with van der Waals surface area (Å²) in [5.74, 6) is 1.82. The third-order valence-electron chi connectivity index (χ3n) is 14.7. The molecule has 0 saturated heterocycles. The summed E-state index contributed by atoms with van der Waals surface area (Å²) in [6, 6.07) is 93.6. The Balaban J connectivity index is 1.15. The van der Waals surface area contributed by atoms with Crippen LogP contribution in [0.3, 0.4) is 0 Å². The lowest BCUT2D eigenvalue weighted by atomic mass is 9.49. The summed E-state index contributed by atoms with van der Waals surface area (Å²) in [6.45, 7) is 0. The first kappa shape index (κ1) is 38.4. The van der Waals surface area contributed by atoms with Crippen LogP contribution in [0.15, 0.2) is 255 Å². The monoisotopic (exact) mass is 866 g/mol. The van der Waals surface area contributed by atoms with E-state index < -0.39 is 10.8 Å². The largest absolute Gasteiger partial charge is 0.292 e. The molecular formula is C64H42N4. The highest BCUT2D eigenvalue weighted by atomic mass is 15.1. The van der Waals surface area contributed by atoms with E-state index in [0.29, 0.717) is 0 Å². The molecular weight excluding hydrogens is 825 g/mol. The van der Waals surface area contributed by atoms with Crippen LogP contribution in [0.4, 0.5) is 0 Å². The van der Waals surface area contributed by atoms with Crippen molar-refractivity contribution >= 4 is 22.1 Å². The molecule has 0 bridgehead atoms. The summed E-state index contributed by atoms with van der Waals surface area (Å²) in [5, 5.41) is 0. The van der Waals surface area contributed by atoms with Gasteiger partial charge in [0.1, 0.15) is 11.6 Å². The number of rotatable bonds is 7. The zero-order valence-electron chi connectivity index (χ0n) is 37.0. The number of hydrogen-bond acceptors (Lipinski definition) is 2. The van der Waals surface area contributed by atoms with E-state index in [0.717, 1.165) is 56.2 Å². The van der Waals surface area contributed by atoms with Gasteiger partial charge in [-0.3, -0.25) is 9.13 Å². The number of nitrogens with zero attached hydrogens (tertiary/aromatic N) is 4. The van der Waals surface area contributed by atoms with Gasteiger partial charge in [0, 0.05) is 22.5 Å². The molecule has 2 aliphatic rings. The van der Waals surface area contributed by atoms with Gasteiger partial charge in [0.15, 0.2) is 0 Å². The van der Waals surface area contributed by atoms with E-state index in [4.69, 9.17) is 9.97 Å². The average molecular weight is 867 g/mol. The molecule has 2 unspecified atom stereocenters. The summed E-state index contributed by atoms with van der Waals surface area (Å²) in [4.78, 5) is 10.7. The number of benzene rings is 10. The quantitative estimate of drug-likeness (QED) is 0.160. The topological polar surface area (TPSA) is 35.6 Å². The van der Waals surface area contributed by atoms with E-state index in [1.165, 1.54) is 55.6 Å². The molecule has 68 heavy (non-hydrogen) atoms. The van der Waals surface area contributed by atoms with Gasteiger partial charge in [0.05, 0.1) is 32.9 Å². The number of aromatic nitrogens is 4. The van der Waals surface area contributed by atoms with Crippen LogP contribution in [0.2, 0.25) is 0 Å². The Kier molecular flexibility index (Phi) is 8.38. The van der Waals surface area contributed by atoms with Crippen molar-refractivity contribution in [2.24, 2.45) is 0 Å². The lowest BCUT2D eigenvalue weighted by Crippen LogP contribution is -2.50. The molecule has 0 radical (unpaired) electrons. The van der Waals surface area contributed by atoms with Gasteiger partial charge in [-0.2, -0.15) is 0 Å². The SMILES string of the molecule is c1ccc(-c2nc3ccccc3n2-c2ccc3c(c2)C(c2ccccc2)(C2(c4ccccc4)c4ccccc4-c4ccc(-n5c(-c6ccccc6)nc6ccccc65)cc42)c2ccccc2-3)cc1. The normalized spacial score (nSPS) is 16.6. The predicted molar refractivity (Wildman–Crippen MR) is 277 cm³/mol. The molecule has 318 valence electrons. The van der Waals surface area contributed by atoms with E-state index in [1.54, 1.807) is 0 Å². The molecule has 0 saturated carbocycles. The maximum atomic E-state index is 5.33. The van der Waals surface area contributed by atoms with Crippen LogP contribution < -0.4 is 0 Å². The van der Waals surface area contributed by atoms with Crippen LogP contribution in [0.5, 0.6) is 0 Å². The van der Waals surface area contributed by atoms with Crippen LogP contribution in [0.25, 0.3) is 78.5 Å². The Labute approximate surface area is 394 Å². The van der Waals surface area contributed by atoms with E-state index >= 15 is 0 Å². The van der Waals surface area contributed by atoms with Gasteiger partial charge >= 0.3 is 0 Å². The Bertz CT molecular complexity index is 3650. The molecule has 12 aromatic rings. The second-order valence-electron chi connectivity index (χ2n) is 18.0. The lowest BCUT2D eigenvalue weighted by molar-refractivity contribution is 0.437. The van der Waals surface area contributed by atoms with Crippen molar-refractivity contribution < 1.29 is 0 Å². The molecule has 0 amide bonds. The molecule has 0 aliphatic heterocycles. The minimum Gasteiger partial charge on any atom is -0.292 e. The Morgan fingerprint density at radius 1 is 0.279 bits per heavy atom. The fourth-order valence-corrected chi connectivity index (χ4v) is 12.2. The first-order valence-corrected chi connectivity index (χ1v) is 23.4. The number of fused-ring (bicyclic) bond motifs is 8. The Morgan fingerprint density at radius 2 is 0.618 bits per heavy atom. The van der Waals surface area contributed by atoms with Crippen molar-refractivity contribution in [1.82, 2.24) is 19.1 Å². The third kappa shape index (κ3) is 5.20. The second kappa shape index (κ2) is 14.8. The molecule has 4 nitrogen and oxygen atoms in total. The highest BCUT2D eigenvalue weighted by Crippen LogP contribution is 2.70. The molecule has 14 rings (SSSR count). The molecule has 4 heteroatoms. The summed E-state index contributed by atoms with van der Waals surface area (Å²) >= 11 is 0. The maximum absolute atomic E-state index is 5.33. The van der Waals surface area contributed by atoms with Crippen molar-refractivity contribution in [3.63, 3.8) is 0 Å². The summed E-state index contributed by atoms with van der Waals surface area (Å²) in [7, 11) is 0. The van der Waals surface area contributed by atoms with Crippen molar-refractivity contribution in [3.05, 3.63) is 288 Å². The third-order valence-corrected chi connectivity index (χ3v) is 14.7. The number of imidazole rings is 2. The van der Waals surface area contributed by atoms with Crippen molar-refractivity contribution in [1.29, 1.82) is 0 Å². The van der Waals surface area contributed by atoms with E-state index in [-0.39, 0.29) is 0 Å². The molecule has 2 heterocycles. The first-order valence-electron chi connectivity index (χ1n) is 23.4. The van der Waals surface area contributed by atoms with Crippen LogP contribution in [-0.4, -0.2) is 19.1 Å². The number of hydrogen-bond donors (Lipinski definition) is 0. The number of para-hydroxylation sites is 4. The molecule has 2 aromatic heterocycles. The van der Waals surface area contributed by atoms with Gasteiger partial charge in [-0.1, -0.05) is 206 Å². The van der Waals surface area contributed by atoms with Gasteiger partial charge in [-0.15, -0.1) is 0 Å². The van der Waals surface area contributed by atoms with Gasteiger partial charge in [0.2, 0.25) is 0 Å². The van der Waals surface area contributed by atoms with Crippen molar-refractivity contribution in [3.8, 4) is 56.4 Å². The van der Waals surface area contributed by atoms with Gasteiger partial charge in [-0.25, -0.2) is 9.97 Å². The fraction of sp³-hybridized carbons (Fsp3) is 0.0312. The van der Waals surface area contributed by atoms with Gasteiger partial charge in [-0.05, 0) is 104 Å². The average Bonchev–Trinajstić information content (AvgIpc) is 4.16. The molecule has 2 atom stereocenters. The van der Waals surface area contributed by atoms with Crippen LogP contribution >= 0.6 is 0 Å². The zero-order chi connectivity index (χ0) is 44.8. The highest BCUT2D eigenvalue weighted by molar-refractivity contribution is 5.95. The molecule has 0 fully saturated rings. The van der Waals surface area contributed by atoms with E-state index in [1.807, 2.05) is 0 Å². The molecule has 0 spiro atoms. The standard InChI is InChI=1S/C64H42N4/c1-5-21-43(22-6-1)61-65-57-33-17-19-35-59(57)67(61)47-37-39-51-49-29-13-15-31-53(49)63(55(51)41-47,45-25-9-3-10-26-45)64(46-27-11-4-12-28-46)54-32-16-14-30-50(54)52-40-38-48(42-56(52)64)68-60-36-20-18-34-58(60)66-62(68)44-23-7-2-8-24-44/h1-42H. The minimum absolute atomic E-state index is 0.805. The Morgan fingerprint density at radius 3 is 1.04 bits per heavy atom. The van der Waals surface area contributed by atoms with Gasteiger partial charge < -0.3 is 0 Å². The van der Waals surface area contributed by atoms with Crippen molar-refractivity contribution in [2.45, 2.75) is 10.8 Å². The van der Waals surface area contributed by atoms with Crippen LogP contribution in [-0.2, 0) is 10.8 Å². The van der Waals surface area contributed by atoms with Crippen LogP contribution in [0, 0.1) is 0 Å². The smallest absolute Gasteiger partial charge is 0.145 e. The molecule has 2 aliphatic carbocycles. The van der Waals surface area contributed by atoms with Crippen molar-refractivity contribution in [2.75, 3.05) is 0 Å². The minimum atomic E-state index is -0.805. The molecule has 0 N–H and O–H groups in total. The maximum Gasteiger partial charge on any atom is 0.145 e. The lowest BCUT2D eigenvalue weighted by Gasteiger charge is -2.50. The Hall–Kier alpha value is -8.86. The zero-order valence-corrected chi connectivity index (χ0v) is 37.0. The predicted octanol–water partition coefficient (Wildman–Crippen LogP) is 15.0. The van der Waals surface area contributed by atoms with Crippen LogP contribution in [0.1, 0.15) is 33.4 Å². The van der Waals surface area contributed by atoms with E-state index in [2.05, 4.69) is 264 Å². The highest BCUT2D eigenvalue weighted by Gasteiger charge is 2.64.